The first-order valence-corrected chi connectivity index (χ1v) is 5.21. The molecule has 86 valence electrons. The topological polar surface area (TPSA) is 64.2 Å². The van der Waals surface area contributed by atoms with Gasteiger partial charge in [0.2, 0.25) is 0 Å². The molecule has 0 aliphatic carbocycles. The Bertz CT molecular complexity index is 398. The minimum atomic E-state index is -0.538. The third-order valence-electron chi connectivity index (χ3n) is 3.32. The van der Waals surface area contributed by atoms with E-state index in [0.29, 0.717) is 17.4 Å². The summed E-state index contributed by atoms with van der Waals surface area (Å²) in [7, 11) is -0.538. The molecule has 2 rings (SSSR count). The molecule has 0 bridgehead atoms. The molecule has 2 heterocycles. The summed E-state index contributed by atoms with van der Waals surface area (Å²) in [5.74, 6) is 0. The molecule has 0 spiro atoms. The van der Waals surface area contributed by atoms with E-state index in [1.165, 1.54) is 0 Å². The number of aldehydes is 1. The van der Waals surface area contributed by atoms with Gasteiger partial charge in [0.05, 0.1) is 16.9 Å². The monoisotopic (exact) mass is 222 g/mol. The van der Waals surface area contributed by atoms with E-state index < -0.39 is 18.3 Å². The molecule has 0 radical (unpaired) electrons. The fourth-order valence-electron chi connectivity index (χ4n) is 1.56. The molecule has 0 saturated carbocycles. The maximum Gasteiger partial charge on any atom is 0.498 e. The number of nitrogens with one attached hydrogen (secondary N) is 1. The van der Waals surface area contributed by atoms with E-state index in [4.69, 9.17) is 9.31 Å². The van der Waals surface area contributed by atoms with Crippen LogP contribution in [0.5, 0.6) is 0 Å². The minimum Gasteiger partial charge on any atom is -0.399 e. The van der Waals surface area contributed by atoms with Gasteiger partial charge in [-0.1, -0.05) is 0 Å². The summed E-state index contributed by atoms with van der Waals surface area (Å²) in [4.78, 5) is 10.8. The first-order valence-electron chi connectivity index (χ1n) is 5.21. The average Bonchev–Trinajstić information content (AvgIpc) is 2.69. The van der Waals surface area contributed by atoms with Crippen molar-refractivity contribution >= 4 is 18.9 Å². The van der Waals surface area contributed by atoms with Crippen molar-refractivity contribution in [1.29, 1.82) is 0 Å². The Morgan fingerprint density at radius 3 is 2.38 bits per heavy atom. The number of aromatic amines is 1. The Morgan fingerprint density at radius 2 is 1.88 bits per heavy atom. The molecule has 1 aliphatic rings. The van der Waals surface area contributed by atoms with Crippen LogP contribution in [0.4, 0.5) is 0 Å². The number of H-pyrrole nitrogens is 1. The van der Waals surface area contributed by atoms with Crippen molar-refractivity contribution in [3.05, 3.63) is 11.9 Å². The lowest BCUT2D eigenvalue weighted by Gasteiger charge is -2.32. The second-order valence-electron chi connectivity index (χ2n) is 4.95. The van der Waals surface area contributed by atoms with Crippen LogP contribution in [0.2, 0.25) is 0 Å². The Hall–Kier alpha value is -1.14. The third kappa shape index (κ3) is 1.58. The first-order chi connectivity index (χ1) is 7.37. The zero-order valence-electron chi connectivity index (χ0n) is 9.90. The molecule has 1 fully saturated rings. The van der Waals surface area contributed by atoms with Gasteiger partial charge in [-0.25, -0.2) is 0 Å². The highest BCUT2D eigenvalue weighted by Gasteiger charge is 2.52. The van der Waals surface area contributed by atoms with E-state index in [2.05, 4.69) is 10.2 Å². The lowest BCUT2D eigenvalue weighted by atomic mass is 9.79. The lowest BCUT2D eigenvalue weighted by molar-refractivity contribution is 0.00578. The lowest BCUT2D eigenvalue weighted by Crippen LogP contribution is -2.41. The molecule has 1 aromatic heterocycles. The molecule has 0 atom stereocenters. The number of nitrogens with zero attached hydrogens (tertiary/aromatic N) is 1. The van der Waals surface area contributed by atoms with E-state index in [1.54, 1.807) is 6.20 Å². The summed E-state index contributed by atoms with van der Waals surface area (Å²) in [5.41, 5.74) is 0.233. The maximum atomic E-state index is 10.8. The van der Waals surface area contributed by atoms with Crippen molar-refractivity contribution in [3.63, 3.8) is 0 Å². The number of hydrogen-bond donors (Lipinski definition) is 1. The van der Waals surface area contributed by atoms with Crippen LogP contribution in [0.1, 0.15) is 38.2 Å². The van der Waals surface area contributed by atoms with Crippen LogP contribution in [0, 0.1) is 0 Å². The fourth-order valence-corrected chi connectivity index (χ4v) is 1.56. The van der Waals surface area contributed by atoms with Crippen LogP contribution in [-0.4, -0.2) is 34.8 Å². The number of carbonyl (C=O) groups excluding carboxylic acids is 1. The number of rotatable bonds is 2. The quantitative estimate of drug-likeness (QED) is 0.585. The van der Waals surface area contributed by atoms with Crippen LogP contribution >= 0.6 is 0 Å². The molecule has 5 nitrogen and oxygen atoms in total. The molecule has 0 amide bonds. The van der Waals surface area contributed by atoms with Gasteiger partial charge in [-0.3, -0.25) is 9.89 Å². The summed E-state index contributed by atoms with van der Waals surface area (Å²) in [6.07, 6.45) is 2.28. The SMILES string of the molecule is CC1(C)OB(c2cn[nH]c2C=O)OC1(C)C. The molecule has 1 saturated heterocycles. The molecule has 16 heavy (non-hydrogen) atoms. The van der Waals surface area contributed by atoms with E-state index >= 15 is 0 Å². The van der Waals surface area contributed by atoms with Gasteiger partial charge in [0.1, 0.15) is 0 Å². The molecule has 1 aliphatic heterocycles. The van der Waals surface area contributed by atoms with Crippen LogP contribution in [0.15, 0.2) is 6.20 Å². The smallest absolute Gasteiger partial charge is 0.399 e. The van der Waals surface area contributed by atoms with Crippen molar-refractivity contribution in [1.82, 2.24) is 10.2 Å². The summed E-state index contributed by atoms with van der Waals surface area (Å²) in [6.45, 7) is 7.86. The summed E-state index contributed by atoms with van der Waals surface area (Å²) in [6, 6.07) is 0. The number of carbonyl (C=O) groups is 1. The van der Waals surface area contributed by atoms with Gasteiger partial charge >= 0.3 is 7.12 Å². The van der Waals surface area contributed by atoms with Crippen LogP contribution in [0.3, 0.4) is 0 Å². The van der Waals surface area contributed by atoms with Crippen molar-refractivity contribution in [2.24, 2.45) is 0 Å². The molecule has 0 aromatic carbocycles. The standard InChI is InChI=1S/C10H15BN2O3/c1-9(2)10(3,4)16-11(15-9)7-5-12-13-8(7)6-14/h5-6H,1-4H3,(H,12,13). The number of aromatic nitrogens is 2. The van der Waals surface area contributed by atoms with Gasteiger partial charge in [0.15, 0.2) is 6.29 Å². The van der Waals surface area contributed by atoms with E-state index in [0.717, 1.165) is 0 Å². The number of hydrogen-bond acceptors (Lipinski definition) is 4. The van der Waals surface area contributed by atoms with E-state index in [-0.39, 0.29) is 0 Å². The van der Waals surface area contributed by atoms with Gasteiger partial charge < -0.3 is 9.31 Å². The zero-order valence-corrected chi connectivity index (χ0v) is 9.90. The fraction of sp³-hybridized carbons (Fsp3) is 0.600. The summed E-state index contributed by atoms with van der Waals surface area (Å²) in [5, 5.41) is 6.43. The third-order valence-corrected chi connectivity index (χ3v) is 3.32. The molecule has 0 unspecified atom stereocenters. The van der Waals surface area contributed by atoms with Crippen LogP contribution < -0.4 is 5.46 Å². The Kier molecular flexibility index (Phi) is 2.43. The van der Waals surface area contributed by atoms with Crippen molar-refractivity contribution in [2.75, 3.05) is 0 Å². The predicted octanol–water partition coefficient (Wildman–Crippen LogP) is 0.521. The normalized spacial score (nSPS) is 22.4. The second-order valence-corrected chi connectivity index (χ2v) is 4.95. The van der Waals surface area contributed by atoms with Gasteiger partial charge in [-0.05, 0) is 27.7 Å². The highest BCUT2D eigenvalue weighted by molar-refractivity contribution is 6.63. The molecular formula is C10H15BN2O3. The highest BCUT2D eigenvalue weighted by Crippen LogP contribution is 2.36. The van der Waals surface area contributed by atoms with Gasteiger partial charge in [0.25, 0.3) is 0 Å². The first kappa shape index (κ1) is 11.4. The summed E-state index contributed by atoms with van der Waals surface area (Å²) < 4.78 is 11.6. The molecule has 1 aromatic rings. The van der Waals surface area contributed by atoms with Crippen molar-refractivity contribution in [2.45, 2.75) is 38.9 Å². The van der Waals surface area contributed by atoms with Gasteiger partial charge in [-0.2, -0.15) is 5.10 Å². The average molecular weight is 222 g/mol. The Morgan fingerprint density at radius 1 is 1.31 bits per heavy atom. The zero-order chi connectivity index (χ0) is 12.0. The second kappa shape index (κ2) is 3.43. The predicted molar refractivity (Wildman–Crippen MR) is 59.7 cm³/mol. The minimum absolute atomic E-state index is 0.401. The largest absolute Gasteiger partial charge is 0.498 e. The van der Waals surface area contributed by atoms with Gasteiger partial charge in [0, 0.05) is 11.7 Å². The highest BCUT2D eigenvalue weighted by atomic mass is 16.7. The van der Waals surface area contributed by atoms with E-state index in [1.807, 2.05) is 27.7 Å². The van der Waals surface area contributed by atoms with Crippen LogP contribution in [-0.2, 0) is 9.31 Å². The van der Waals surface area contributed by atoms with Crippen molar-refractivity contribution < 1.29 is 14.1 Å². The Balaban J connectivity index is 2.30. The Labute approximate surface area is 94.7 Å². The van der Waals surface area contributed by atoms with E-state index in [9.17, 15) is 4.79 Å². The molecule has 6 heteroatoms. The molecule has 1 N–H and O–H groups in total. The van der Waals surface area contributed by atoms with Gasteiger partial charge in [-0.15, -0.1) is 0 Å². The van der Waals surface area contributed by atoms with Crippen molar-refractivity contribution in [3.8, 4) is 0 Å². The summed E-state index contributed by atoms with van der Waals surface area (Å²) >= 11 is 0. The molecular weight excluding hydrogens is 207 g/mol. The maximum absolute atomic E-state index is 10.8. The van der Waals surface area contributed by atoms with Crippen LogP contribution in [0.25, 0.3) is 0 Å².